The zero-order chi connectivity index (χ0) is 13.9. The minimum Gasteiger partial charge on any atom is -0.399 e. The Morgan fingerprint density at radius 2 is 1.94 bits per heavy atom. The Bertz CT molecular complexity index is 510. The molecule has 0 amide bonds. The Morgan fingerprint density at radius 3 is 2.44 bits per heavy atom. The summed E-state index contributed by atoms with van der Waals surface area (Å²) in [6.45, 7) is 8.63. The lowest BCUT2D eigenvalue weighted by atomic mass is 10.2. The van der Waals surface area contributed by atoms with E-state index in [1.54, 1.807) is 19.1 Å². The molecular weight excluding hydrogens is 248 g/mol. The molecular formula is C13H22N2O2S. The number of benzene rings is 1. The number of hydrogen-bond donors (Lipinski definition) is 1. The van der Waals surface area contributed by atoms with Crippen LogP contribution in [-0.4, -0.2) is 25.8 Å². The third kappa shape index (κ3) is 3.23. The van der Waals surface area contributed by atoms with E-state index in [1.165, 1.54) is 10.4 Å². The second-order valence-electron chi connectivity index (χ2n) is 4.87. The summed E-state index contributed by atoms with van der Waals surface area (Å²) in [5.41, 5.74) is 6.88. The number of rotatable bonds is 5. The van der Waals surface area contributed by atoms with Gasteiger partial charge in [-0.25, -0.2) is 8.42 Å². The molecule has 102 valence electrons. The largest absolute Gasteiger partial charge is 0.399 e. The number of nitrogen functional groups attached to an aromatic ring is 1. The Kier molecular flexibility index (Phi) is 4.76. The van der Waals surface area contributed by atoms with Gasteiger partial charge >= 0.3 is 0 Å². The maximum atomic E-state index is 12.5. The highest BCUT2D eigenvalue weighted by atomic mass is 32.2. The average molecular weight is 270 g/mol. The van der Waals surface area contributed by atoms with Crippen molar-refractivity contribution in [2.24, 2.45) is 5.92 Å². The zero-order valence-electron chi connectivity index (χ0n) is 11.5. The van der Waals surface area contributed by atoms with E-state index in [9.17, 15) is 8.42 Å². The van der Waals surface area contributed by atoms with E-state index in [1.807, 2.05) is 20.8 Å². The van der Waals surface area contributed by atoms with E-state index in [4.69, 9.17) is 5.73 Å². The number of aryl methyl sites for hydroxylation is 1. The molecule has 5 heteroatoms. The summed E-state index contributed by atoms with van der Waals surface area (Å²) in [5.74, 6) is 0.293. The molecule has 1 aromatic rings. The highest BCUT2D eigenvalue weighted by Crippen LogP contribution is 2.22. The first-order valence-electron chi connectivity index (χ1n) is 6.15. The van der Waals surface area contributed by atoms with Crippen LogP contribution in [0.2, 0.25) is 0 Å². The smallest absolute Gasteiger partial charge is 0.243 e. The monoisotopic (exact) mass is 270 g/mol. The summed E-state index contributed by atoms with van der Waals surface area (Å²) in [6.07, 6.45) is 0. The Hall–Kier alpha value is -1.07. The van der Waals surface area contributed by atoms with E-state index in [-0.39, 0.29) is 0 Å². The lowest BCUT2D eigenvalue weighted by molar-refractivity contribution is 0.380. The van der Waals surface area contributed by atoms with Gasteiger partial charge in [-0.3, -0.25) is 0 Å². The fourth-order valence-electron chi connectivity index (χ4n) is 1.84. The number of anilines is 1. The van der Waals surface area contributed by atoms with Gasteiger partial charge in [0.2, 0.25) is 10.0 Å². The summed E-state index contributed by atoms with van der Waals surface area (Å²) in [4.78, 5) is 0.310. The van der Waals surface area contributed by atoms with Crippen molar-refractivity contribution in [3.05, 3.63) is 23.8 Å². The third-order valence-corrected chi connectivity index (χ3v) is 4.83. The molecule has 0 saturated heterocycles. The van der Waals surface area contributed by atoms with Gasteiger partial charge in [-0.2, -0.15) is 4.31 Å². The first-order chi connectivity index (χ1) is 8.28. The predicted octanol–water partition coefficient (Wildman–Crippen LogP) is 2.24. The van der Waals surface area contributed by atoms with Gasteiger partial charge in [0.05, 0.1) is 4.90 Å². The van der Waals surface area contributed by atoms with Crippen molar-refractivity contribution in [2.45, 2.75) is 32.6 Å². The highest BCUT2D eigenvalue weighted by molar-refractivity contribution is 7.89. The molecule has 0 aromatic heterocycles. The summed E-state index contributed by atoms with van der Waals surface area (Å²) in [6, 6.07) is 4.99. The molecule has 0 atom stereocenters. The van der Waals surface area contributed by atoms with Crippen LogP contribution in [0.4, 0.5) is 5.69 Å². The fourth-order valence-corrected chi connectivity index (χ4v) is 3.71. The van der Waals surface area contributed by atoms with Crippen molar-refractivity contribution in [1.29, 1.82) is 0 Å². The van der Waals surface area contributed by atoms with E-state index in [0.717, 1.165) is 5.56 Å². The number of nitrogens with zero attached hydrogens (tertiary/aromatic N) is 1. The SMILES string of the molecule is CCN(CC(C)C)S(=O)(=O)c1cc(N)ccc1C. The normalized spacial score (nSPS) is 12.3. The van der Waals surface area contributed by atoms with E-state index >= 15 is 0 Å². The lowest BCUT2D eigenvalue weighted by Gasteiger charge is -2.23. The summed E-state index contributed by atoms with van der Waals surface area (Å²) in [7, 11) is -3.45. The Balaban J connectivity index is 3.22. The molecule has 18 heavy (non-hydrogen) atoms. The minimum atomic E-state index is -3.45. The standard InChI is InChI=1S/C13H22N2O2S/c1-5-15(9-10(2)3)18(16,17)13-8-12(14)7-6-11(13)4/h6-8,10H,5,9,14H2,1-4H3. The second-order valence-corrected chi connectivity index (χ2v) is 6.78. The maximum absolute atomic E-state index is 12.5. The van der Waals surface area contributed by atoms with Crippen LogP contribution in [-0.2, 0) is 10.0 Å². The topological polar surface area (TPSA) is 63.4 Å². The van der Waals surface area contributed by atoms with Crippen molar-refractivity contribution in [3.8, 4) is 0 Å². The molecule has 0 aliphatic heterocycles. The molecule has 0 bridgehead atoms. The van der Waals surface area contributed by atoms with Crippen LogP contribution < -0.4 is 5.73 Å². The Labute approximate surface area is 110 Å². The molecule has 0 radical (unpaired) electrons. The highest BCUT2D eigenvalue weighted by Gasteiger charge is 2.25. The molecule has 0 fully saturated rings. The van der Waals surface area contributed by atoms with Gasteiger partial charge < -0.3 is 5.73 Å². The summed E-state index contributed by atoms with van der Waals surface area (Å²) >= 11 is 0. The van der Waals surface area contributed by atoms with Crippen LogP contribution in [0.1, 0.15) is 26.3 Å². The predicted molar refractivity (Wildman–Crippen MR) is 74.9 cm³/mol. The molecule has 1 rings (SSSR count). The van der Waals surface area contributed by atoms with Crippen LogP contribution in [0.3, 0.4) is 0 Å². The van der Waals surface area contributed by atoms with Gasteiger partial charge in [-0.15, -0.1) is 0 Å². The molecule has 0 aliphatic carbocycles. The van der Waals surface area contributed by atoms with Crippen LogP contribution >= 0.6 is 0 Å². The molecule has 0 heterocycles. The quantitative estimate of drug-likeness (QED) is 0.835. The molecule has 0 aliphatic rings. The van der Waals surface area contributed by atoms with Crippen LogP contribution in [0, 0.1) is 12.8 Å². The minimum absolute atomic E-state index is 0.293. The number of sulfonamides is 1. The van der Waals surface area contributed by atoms with Gasteiger partial charge in [-0.05, 0) is 30.5 Å². The molecule has 0 unspecified atom stereocenters. The van der Waals surface area contributed by atoms with Gasteiger partial charge in [0, 0.05) is 18.8 Å². The third-order valence-electron chi connectivity index (χ3n) is 2.75. The molecule has 0 saturated carbocycles. The number of nitrogens with two attached hydrogens (primary N) is 1. The van der Waals surface area contributed by atoms with Crippen molar-refractivity contribution in [1.82, 2.24) is 4.31 Å². The van der Waals surface area contributed by atoms with Crippen molar-refractivity contribution in [2.75, 3.05) is 18.8 Å². The maximum Gasteiger partial charge on any atom is 0.243 e. The van der Waals surface area contributed by atoms with Crippen LogP contribution in [0.25, 0.3) is 0 Å². The van der Waals surface area contributed by atoms with Crippen molar-refractivity contribution < 1.29 is 8.42 Å². The van der Waals surface area contributed by atoms with E-state index < -0.39 is 10.0 Å². The fraction of sp³-hybridized carbons (Fsp3) is 0.538. The first-order valence-corrected chi connectivity index (χ1v) is 7.59. The number of hydrogen-bond acceptors (Lipinski definition) is 3. The molecule has 0 spiro atoms. The van der Waals surface area contributed by atoms with E-state index in [2.05, 4.69) is 0 Å². The summed E-state index contributed by atoms with van der Waals surface area (Å²) < 4.78 is 26.6. The average Bonchev–Trinajstić information content (AvgIpc) is 2.28. The van der Waals surface area contributed by atoms with Gasteiger partial charge in [0.15, 0.2) is 0 Å². The molecule has 4 nitrogen and oxygen atoms in total. The Morgan fingerprint density at radius 1 is 1.33 bits per heavy atom. The second kappa shape index (κ2) is 5.71. The van der Waals surface area contributed by atoms with Gasteiger partial charge in [0.1, 0.15) is 0 Å². The molecule has 1 aromatic carbocycles. The van der Waals surface area contributed by atoms with Gasteiger partial charge in [0.25, 0.3) is 0 Å². The van der Waals surface area contributed by atoms with Gasteiger partial charge in [-0.1, -0.05) is 26.8 Å². The molecule has 2 N–H and O–H groups in total. The first kappa shape index (κ1) is 15.0. The van der Waals surface area contributed by atoms with E-state index in [0.29, 0.717) is 29.6 Å². The van der Waals surface area contributed by atoms with Crippen molar-refractivity contribution in [3.63, 3.8) is 0 Å². The lowest BCUT2D eigenvalue weighted by Crippen LogP contribution is -2.34. The van der Waals surface area contributed by atoms with Crippen LogP contribution in [0.5, 0.6) is 0 Å². The zero-order valence-corrected chi connectivity index (χ0v) is 12.3. The summed E-state index contributed by atoms with van der Waals surface area (Å²) in [5, 5.41) is 0. The van der Waals surface area contributed by atoms with Crippen LogP contribution in [0.15, 0.2) is 23.1 Å². The van der Waals surface area contributed by atoms with Crippen molar-refractivity contribution >= 4 is 15.7 Å².